The summed E-state index contributed by atoms with van der Waals surface area (Å²) in [6, 6.07) is 14.0. The maximum atomic E-state index is 12.2. The Morgan fingerprint density at radius 2 is 2.00 bits per heavy atom. The molecule has 0 saturated carbocycles. The Labute approximate surface area is 187 Å². The number of carbonyl (C=O) groups is 1. The highest BCUT2D eigenvalue weighted by molar-refractivity contribution is 7.14. The monoisotopic (exact) mass is 442 g/mol. The molecule has 3 aromatic rings. The molecule has 6 heteroatoms. The van der Waals surface area contributed by atoms with E-state index in [0.717, 1.165) is 29.0 Å². The summed E-state index contributed by atoms with van der Waals surface area (Å²) in [6.45, 7) is 6.85. The highest BCUT2D eigenvalue weighted by Gasteiger charge is 2.10. The molecule has 0 aliphatic carbocycles. The number of aromatic nitrogens is 1. The Balaban J connectivity index is 1.46. The normalized spacial score (nSPS) is 11.9. The summed E-state index contributed by atoms with van der Waals surface area (Å²) in [5.74, 6) is 1.29. The van der Waals surface area contributed by atoms with Gasteiger partial charge >= 0.3 is 0 Å². The molecule has 0 fully saturated rings. The topological polar surface area (TPSA) is 51.2 Å². The molecule has 0 spiro atoms. The lowest BCUT2D eigenvalue weighted by atomic mass is 9.97. The zero-order valence-corrected chi connectivity index (χ0v) is 19.1. The smallest absolute Gasteiger partial charge is 0.226 e. The number of amides is 1. The van der Waals surface area contributed by atoms with Gasteiger partial charge in [0.25, 0.3) is 0 Å². The van der Waals surface area contributed by atoms with Crippen molar-refractivity contribution in [3.8, 4) is 17.0 Å². The van der Waals surface area contributed by atoms with Crippen molar-refractivity contribution >= 4 is 34.0 Å². The highest BCUT2D eigenvalue weighted by atomic mass is 35.5. The fourth-order valence-corrected chi connectivity index (χ4v) is 4.02. The lowest BCUT2D eigenvalue weighted by Gasteiger charge is -2.09. The van der Waals surface area contributed by atoms with Crippen molar-refractivity contribution in [3.05, 3.63) is 64.0 Å². The van der Waals surface area contributed by atoms with Gasteiger partial charge in [-0.2, -0.15) is 0 Å². The molecular weight excluding hydrogens is 416 g/mol. The quantitative estimate of drug-likeness (QED) is 0.360. The molecule has 0 aliphatic rings. The molecule has 0 radical (unpaired) electrons. The second-order valence-corrected chi connectivity index (χ2v) is 8.67. The maximum absolute atomic E-state index is 12.2. The first-order valence-electron chi connectivity index (χ1n) is 10.2. The molecule has 0 aliphatic heterocycles. The molecule has 158 valence electrons. The average molecular weight is 443 g/mol. The number of rotatable bonds is 9. The van der Waals surface area contributed by atoms with Crippen molar-refractivity contribution in [3.63, 3.8) is 0 Å². The number of hydrogen-bond acceptors (Lipinski definition) is 4. The zero-order chi connectivity index (χ0) is 21.5. The van der Waals surface area contributed by atoms with E-state index in [1.165, 1.54) is 16.9 Å². The predicted molar refractivity (Wildman–Crippen MR) is 126 cm³/mol. The van der Waals surface area contributed by atoms with E-state index >= 15 is 0 Å². The number of nitrogens with one attached hydrogen (secondary N) is 1. The highest BCUT2D eigenvalue weighted by Crippen LogP contribution is 2.27. The molecule has 0 saturated heterocycles. The second-order valence-electron chi connectivity index (χ2n) is 7.38. The summed E-state index contributed by atoms with van der Waals surface area (Å²) in [4.78, 5) is 16.8. The Bertz CT molecular complexity index is 985. The second kappa shape index (κ2) is 10.6. The van der Waals surface area contributed by atoms with E-state index in [1.807, 2.05) is 24.4 Å². The van der Waals surface area contributed by atoms with Crippen molar-refractivity contribution in [2.24, 2.45) is 0 Å². The number of hydrogen-bond donors (Lipinski definition) is 1. The van der Waals surface area contributed by atoms with Crippen molar-refractivity contribution in [2.45, 2.75) is 46.0 Å². The van der Waals surface area contributed by atoms with Crippen LogP contribution in [0, 0.1) is 6.92 Å². The molecule has 4 nitrogen and oxygen atoms in total. The van der Waals surface area contributed by atoms with E-state index in [0.29, 0.717) is 35.5 Å². The van der Waals surface area contributed by atoms with Gasteiger partial charge in [0, 0.05) is 22.4 Å². The molecule has 1 heterocycles. The third kappa shape index (κ3) is 6.07. The van der Waals surface area contributed by atoms with E-state index in [4.69, 9.17) is 16.3 Å². The van der Waals surface area contributed by atoms with Crippen LogP contribution in [-0.4, -0.2) is 17.5 Å². The standard InChI is InChI=1S/C24H27ClN2O2S/c1-4-16(2)18-7-9-19(10-8-18)21-15-30-24(26-21)27-23(28)6-5-13-29-22-12-11-20(25)14-17(22)3/h7-12,14-16H,4-6,13H2,1-3H3,(H,26,27,28). The summed E-state index contributed by atoms with van der Waals surface area (Å²) in [6.07, 6.45) is 2.13. The molecular formula is C24H27ClN2O2S. The number of halogens is 1. The number of carbonyl (C=O) groups excluding carboxylic acids is 1. The summed E-state index contributed by atoms with van der Waals surface area (Å²) in [5.41, 5.74) is 4.26. The van der Waals surface area contributed by atoms with E-state index in [9.17, 15) is 4.79 Å². The van der Waals surface area contributed by atoms with Crippen molar-refractivity contribution in [1.82, 2.24) is 4.98 Å². The minimum absolute atomic E-state index is 0.0561. The van der Waals surface area contributed by atoms with E-state index < -0.39 is 0 Å². The van der Waals surface area contributed by atoms with Crippen LogP contribution in [0.2, 0.25) is 5.02 Å². The van der Waals surface area contributed by atoms with Gasteiger partial charge in [-0.05, 0) is 55.0 Å². The van der Waals surface area contributed by atoms with Crippen LogP contribution in [0.3, 0.4) is 0 Å². The summed E-state index contributed by atoms with van der Waals surface area (Å²) in [7, 11) is 0. The molecule has 3 rings (SSSR count). The number of thiazole rings is 1. The molecule has 0 bridgehead atoms. The molecule has 2 aromatic carbocycles. The predicted octanol–water partition coefficient (Wildman–Crippen LogP) is 7.08. The Hall–Kier alpha value is -2.37. The van der Waals surface area contributed by atoms with Gasteiger partial charge in [0.05, 0.1) is 12.3 Å². The van der Waals surface area contributed by atoms with Crippen LogP contribution < -0.4 is 10.1 Å². The third-order valence-corrected chi connectivity index (χ3v) is 6.07. The van der Waals surface area contributed by atoms with Crippen LogP contribution in [0.15, 0.2) is 47.8 Å². The van der Waals surface area contributed by atoms with Gasteiger partial charge in [-0.1, -0.05) is 49.7 Å². The summed E-state index contributed by atoms with van der Waals surface area (Å²) < 4.78 is 5.74. The van der Waals surface area contributed by atoms with Gasteiger partial charge in [-0.25, -0.2) is 4.98 Å². The van der Waals surface area contributed by atoms with Crippen LogP contribution >= 0.6 is 22.9 Å². The van der Waals surface area contributed by atoms with Crippen molar-refractivity contribution < 1.29 is 9.53 Å². The Morgan fingerprint density at radius 3 is 2.70 bits per heavy atom. The number of aryl methyl sites for hydroxylation is 1. The van der Waals surface area contributed by atoms with Crippen molar-refractivity contribution in [2.75, 3.05) is 11.9 Å². The largest absolute Gasteiger partial charge is 0.493 e. The minimum Gasteiger partial charge on any atom is -0.493 e. The van der Waals surface area contributed by atoms with Gasteiger partial charge < -0.3 is 10.1 Å². The minimum atomic E-state index is -0.0561. The Morgan fingerprint density at radius 1 is 1.23 bits per heavy atom. The van der Waals surface area contributed by atoms with Gasteiger partial charge in [0.2, 0.25) is 5.91 Å². The molecule has 1 unspecified atom stereocenters. The van der Waals surface area contributed by atoms with Gasteiger partial charge in [0.1, 0.15) is 5.75 Å². The van der Waals surface area contributed by atoms with E-state index in [1.54, 1.807) is 6.07 Å². The fraction of sp³-hybridized carbons (Fsp3) is 0.333. The summed E-state index contributed by atoms with van der Waals surface area (Å²) >= 11 is 7.39. The van der Waals surface area contributed by atoms with Crippen LogP contribution in [0.4, 0.5) is 5.13 Å². The van der Waals surface area contributed by atoms with Crippen LogP contribution in [0.1, 0.15) is 50.2 Å². The maximum Gasteiger partial charge on any atom is 0.226 e. The molecule has 30 heavy (non-hydrogen) atoms. The summed E-state index contributed by atoms with van der Waals surface area (Å²) in [5, 5.41) is 6.17. The number of nitrogens with zero attached hydrogens (tertiary/aromatic N) is 1. The first kappa shape index (κ1) is 22.3. The number of anilines is 1. The number of ether oxygens (including phenoxy) is 1. The van der Waals surface area contributed by atoms with Crippen LogP contribution in [0.25, 0.3) is 11.3 Å². The zero-order valence-electron chi connectivity index (χ0n) is 17.6. The fourth-order valence-electron chi connectivity index (χ4n) is 3.05. The molecule has 1 atom stereocenters. The van der Waals surface area contributed by atoms with Gasteiger partial charge in [-0.3, -0.25) is 4.79 Å². The van der Waals surface area contributed by atoms with E-state index in [-0.39, 0.29) is 5.91 Å². The number of benzene rings is 2. The third-order valence-electron chi connectivity index (χ3n) is 5.08. The first-order chi connectivity index (χ1) is 14.5. The van der Waals surface area contributed by atoms with Crippen LogP contribution in [-0.2, 0) is 4.79 Å². The molecule has 1 amide bonds. The lowest BCUT2D eigenvalue weighted by molar-refractivity contribution is -0.116. The van der Waals surface area contributed by atoms with Crippen molar-refractivity contribution in [1.29, 1.82) is 0 Å². The lowest BCUT2D eigenvalue weighted by Crippen LogP contribution is -2.12. The van der Waals surface area contributed by atoms with Gasteiger partial charge in [-0.15, -0.1) is 11.3 Å². The molecule has 1 N–H and O–H groups in total. The van der Waals surface area contributed by atoms with Gasteiger partial charge in [0.15, 0.2) is 5.13 Å². The SMILES string of the molecule is CCC(C)c1ccc(-c2csc(NC(=O)CCCOc3ccc(Cl)cc3C)n2)cc1. The van der Waals surface area contributed by atoms with E-state index in [2.05, 4.69) is 48.4 Å². The van der Waals surface area contributed by atoms with Crippen LogP contribution in [0.5, 0.6) is 5.75 Å². The average Bonchev–Trinajstić information content (AvgIpc) is 3.20. The Kier molecular flexibility index (Phi) is 7.88. The first-order valence-corrected chi connectivity index (χ1v) is 11.5. The molecule has 1 aromatic heterocycles.